The van der Waals surface area contributed by atoms with Crippen LogP contribution in [0.15, 0.2) is 18.5 Å². The molecular formula is C9H10BrFN2O. The van der Waals surface area contributed by atoms with Crippen LogP contribution in [-0.4, -0.2) is 22.3 Å². The van der Waals surface area contributed by atoms with E-state index < -0.39 is 5.82 Å². The van der Waals surface area contributed by atoms with Gasteiger partial charge < -0.3 is 5.32 Å². The summed E-state index contributed by atoms with van der Waals surface area (Å²) in [5.74, 6) is -0.826. The van der Waals surface area contributed by atoms with Gasteiger partial charge in [-0.05, 0) is 6.07 Å². The molecule has 0 spiro atoms. The highest BCUT2D eigenvalue weighted by Crippen LogP contribution is 2.01. The monoisotopic (exact) mass is 260 g/mol. The lowest BCUT2D eigenvalue weighted by atomic mass is 10.2. The van der Waals surface area contributed by atoms with Gasteiger partial charge in [0.2, 0.25) is 0 Å². The fourth-order valence-corrected chi connectivity index (χ4v) is 1.03. The maximum absolute atomic E-state index is 12.7. The van der Waals surface area contributed by atoms with Crippen molar-refractivity contribution in [3.63, 3.8) is 0 Å². The van der Waals surface area contributed by atoms with Gasteiger partial charge in [0, 0.05) is 17.6 Å². The van der Waals surface area contributed by atoms with Gasteiger partial charge in [-0.25, -0.2) is 4.39 Å². The largest absolute Gasteiger partial charge is 0.351 e. The molecule has 0 aliphatic carbocycles. The average Bonchev–Trinajstić information content (AvgIpc) is 2.14. The molecule has 1 unspecified atom stereocenters. The maximum atomic E-state index is 12.7. The van der Waals surface area contributed by atoms with Gasteiger partial charge in [-0.2, -0.15) is 0 Å². The van der Waals surface area contributed by atoms with Crippen molar-refractivity contribution in [3.05, 3.63) is 29.8 Å². The van der Waals surface area contributed by atoms with E-state index in [0.717, 1.165) is 12.3 Å². The van der Waals surface area contributed by atoms with Crippen molar-refractivity contribution in [2.45, 2.75) is 11.8 Å². The Morgan fingerprint density at radius 1 is 1.71 bits per heavy atom. The van der Waals surface area contributed by atoms with Crippen molar-refractivity contribution in [1.29, 1.82) is 0 Å². The van der Waals surface area contributed by atoms with Gasteiger partial charge in [0.05, 0.1) is 11.8 Å². The first kappa shape index (κ1) is 11.1. The molecule has 1 atom stereocenters. The van der Waals surface area contributed by atoms with Crippen LogP contribution in [0.2, 0.25) is 0 Å². The molecule has 3 nitrogen and oxygen atoms in total. The summed E-state index contributed by atoms with van der Waals surface area (Å²) in [6.07, 6.45) is 2.39. The van der Waals surface area contributed by atoms with Crippen LogP contribution >= 0.6 is 15.9 Å². The molecule has 0 fully saturated rings. The van der Waals surface area contributed by atoms with E-state index in [1.54, 1.807) is 0 Å². The molecule has 0 radical (unpaired) electrons. The molecule has 0 aliphatic rings. The molecule has 0 aliphatic heterocycles. The summed E-state index contributed by atoms with van der Waals surface area (Å²) in [5.41, 5.74) is 0.234. The van der Waals surface area contributed by atoms with Crippen molar-refractivity contribution >= 4 is 21.8 Å². The van der Waals surface area contributed by atoms with E-state index in [4.69, 9.17) is 0 Å². The first-order chi connectivity index (χ1) is 6.59. The lowest BCUT2D eigenvalue weighted by Gasteiger charge is -2.05. The second-order valence-electron chi connectivity index (χ2n) is 2.88. The van der Waals surface area contributed by atoms with Crippen molar-refractivity contribution in [1.82, 2.24) is 10.3 Å². The fourth-order valence-electron chi connectivity index (χ4n) is 0.871. The third-order valence-corrected chi connectivity index (χ3v) is 1.83. The molecule has 0 bridgehead atoms. The topological polar surface area (TPSA) is 42.0 Å². The molecule has 0 saturated heterocycles. The predicted molar refractivity (Wildman–Crippen MR) is 54.9 cm³/mol. The average molecular weight is 261 g/mol. The quantitative estimate of drug-likeness (QED) is 0.842. The van der Waals surface area contributed by atoms with Crippen LogP contribution in [0, 0.1) is 5.82 Å². The number of hydrogen-bond donors (Lipinski definition) is 1. The third-order valence-electron chi connectivity index (χ3n) is 1.51. The number of rotatable bonds is 3. The summed E-state index contributed by atoms with van der Waals surface area (Å²) >= 11 is 3.29. The van der Waals surface area contributed by atoms with Crippen LogP contribution in [0.3, 0.4) is 0 Å². The summed E-state index contributed by atoms with van der Waals surface area (Å²) < 4.78 is 12.7. The Hall–Kier alpha value is -0.970. The first-order valence-electron chi connectivity index (χ1n) is 4.12. The van der Waals surface area contributed by atoms with E-state index in [2.05, 4.69) is 26.2 Å². The van der Waals surface area contributed by atoms with E-state index in [-0.39, 0.29) is 16.3 Å². The first-order valence-corrected chi connectivity index (χ1v) is 5.04. The smallest absolute Gasteiger partial charge is 0.252 e. The standard InChI is InChI=1S/C9H10BrFN2O/c1-6(10)3-13-9(14)7-2-8(11)5-12-4-7/h2,4-6H,3H2,1H3,(H,13,14). The van der Waals surface area contributed by atoms with Crippen LogP contribution in [0.1, 0.15) is 17.3 Å². The Morgan fingerprint density at radius 2 is 2.43 bits per heavy atom. The lowest BCUT2D eigenvalue weighted by Crippen LogP contribution is -2.28. The van der Waals surface area contributed by atoms with Gasteiger partial charge in [-0.15, -0.1) is 0 Å². The lowest BCUT2D eigenvalue weighted by molar-refractivity contribution is 0.0953. The van der Waals surface area contributed by atoms with E-state index in [0.29, 0.717) is 6.54 Å². The molecule has 14 heavy (non-hydrogen) atoms. The second-order valence-corrected chi connectivity index (χ2v) is 4.45. The molecule has 0 saturated carbocycles. The number of nitrogens with one attached hydrogen (secondary N) is 1. The van der Waals surface area contributed by atoms with Crippen LogP contribution in [0.4, 0.5) is 4.39 Å². The van der Waals surface area contributed by atoms with Crippen LogP contribution < -0.4 is 5.32 Å². The number of amides is 1. The zero-order valence-electron chi connectivity index (χ0n) is 7.63. The number of alkyl halides is 1. The normalized spacial score (nSPS) is 12.2. The van der Waals surface area contributed by atoms with Gasteiger partial charge in [-0.1, -0.05) is 22.9 Å². The summed E-state index contributed by atoms with van der Waals surface area (Å²) in [7, 11) is 0. The van der Waals surface area contributed by atoms with Gasteiger partial charge in [0.15, 0.2) is 0 Å². The molecule has 1 N–H and O–H groups in total. The van der Waals surface area contributed by atoms with Gasteiger partial charge in [0.1, 0.15) is 5.82 Å². The Bertz CT molecular complexity index is 330. The number of aromatic nitrogens is 1. The molecule has 1 aromatic heterocycles. The number of carbonyl (C=O) groups is 1. The minimum absolute atomic E-state index is 0.188. The van der Waals surface area contributed by atoms with Crippen LogP contribution in [0.25, 0.3) is 0 Å². The van der Waals surface area contributed by atoms with Gasteiger partial charge in [-0.3, -0.25) is 9.78 Å². The zero-order chi connectivity index (χ0) is 10.6. The van der Waals surface area contributed by atoms with E-state index >= 15 is 0 Å². The van der Waals surface area contributed by atoms with Crippen molar-refractivity contribution in [3.8, 4) is 0 Å². The summed E-state index contributed by atoms with van der Waals surface area (Å²) in [6, 6.07) is 1.15. The van der Waals surface area contributed by atoms with E-state index in [1.807, 2.05) is 6.92 Å². The molecular weight excluding hydrogens is 251 g/mol. The van der Waals surface area contributed by atoms with Gasteiger partial charge in [0.25, 0.3) is 5.91 Å². The Morgan fingerprint density at radius 3 is 3.00 bits per heavy atom. The highest BCUT2D eigenvalue weighted by atomic mass is 79.9. The molecule has 1 amide bonds. The number of nitrogens with zero attached hydrogens (tertiary/aromatic N) is 1. The number of hydrogen-bond acceptors (Lipinski definition) is 2. The maximum Gasteiger partial charge on any atom is 0.252 e. The van der Waals surface area contributed by atoms with Crippen molar-refractivity contribution in [2.24, 2.45) is 0 Å². The highest BCUT2D eigenvalue weighted by molar-refractivity contribution is 9.09. The summed E-state index contributed by atoms with van der Waals surface area (Å²) in [5, 5.41) is 2.63. The third kappa shape index (κ3) is 3.41. The molecule has 0 aromatic carbocycles. The molecule has 76 valence electrons. The number of halogens is 2. The fraction of sp³-hybridized carbons (Fsp3) is 0.333. The SMILES string of the molecule is CC(Br)CNC(=O)c1cncc(F)c1. The van der Waals surface area contributed by atoms with Crippen LogP contribution in [0.5, 0.6) is 0 Å². The molecule has 5 heteroatoms. The minimum Gasteiger partial charge on any atom is -0.351 e. The van der Waals surface area contributed by atoms with Gasteiger partial charge >= 0.3 is 0 Å². The van der Waals surface area contributed by atoms with Crippen molar-refractivity contribution < 1.29 is 9.18 Å². The summed E-state index contributed by atoms with van der Waals surface area (Å²) in [4.78, 5) is 15.1. The van der Waals surface area contributed by atoms with E-state index in [9.17, 15) is 9.18 Å². The molecule has 1 rings (SSSR count). The molecule has 1 heterocycles. The second kappa shape index (κ2) is 5.05. The number of carbonyl (C=O) groups excluding carboxylic acids is 1. The van der Waals surface area contributed by atoms with Crippen LogP contribution in [-0.2, 0) is 0 Å². The Kier molecular flexibility index (Phi) is 4.00. The highest BCUT2D eigenvalue weighted by Gasteiger charge is 2.07. The van der Waals surface area contributed by atoms with E-state index in [1.165, 1.54) is 6.20 Å². The predicted octanol–water partition coefficient (Wildman–Crippen LogP) is 1.73. The molecule has 1 aromatic rings. The van der Waals surface area contributed by atoms with Crippen molar-refractivity contribution in [2.75, 3.05) is 6.54 Å². The summed E-state index contributed by atoms with van der Waals surface area (Å²) in [6.45, 7) is 2.40. The minimum atomic E-state index is -0.510. The number of pyridine rings is 1. The Labute approximate surface area is 89.9 Å². The Balaban J connectivity index is 2.61. The zero-order valence-corrected chi connectivity index (χ0v) is 9.21.